The third kappa shape index (κ3) is 1.71. The van der Waals surface area contributed by atoms with Gasteiger partial charge in [-0.05, 0) is 42.6 Å². The van der Waals surface area contributed by atoms with Gasteiger partial charge in [0.2, 0.25) is 0 Å². The van der Waals surface area contributed by atoms with E-state index in [-0.39, 0.29) is 0 Å². The minimum atomic E-state index is 0.778. The zero-order valence-electron chi connectivity index (χ0n) is 7.51. The molecule has 0 amide bonds. The van der Waals surface area contributed by atoms with E-state index in [1.165, 1.54) is 17.5 Å². The van der Waals surface area contributed by atoms with Crippen LogP contribution in [0.5, 0.6) is 0 Å². The second-order valence-electron chi connectivity index (χ2n) is 3.38. The smallest absolute Gasteiger partial charge is 0.0991 e. The van der Waals surface area contributed by atoms with Crippen LogP contribution in [0.25, 0.3) is 0 Å². The van der Waals surface area contributed by atoms with Crippen molar-refractivity contribution in [3.05, 3.63) is 34.9 Å². The SMILES string of the molecule is N#Cc1ccc2c(c1)CCCNC2. The van der Waals surface area contributed by atoms with Crippen molar-refractivity contribution < 1.29 is 0 Å². The predicted molar refractivity (Wildman–Crippen MR) is 51.2 cm³/mol. The minimum absolute atomic E-state index is 0.778. The molecule has 0 saturated carbocycles. The average Bonchev–Trinajstić information content (AvgIpc) is 2.41. The Morgan fingerprint density at radius 1 is 1.31 bits per heavy atom. The van der Waals surface area contributed by atoms with Crippen LogP contribution in [0.2, 0.25) is 0 Å². The Balaban J connectivity index is 2.39. The molecule has 0 aromatic heterocycles. The molecule has 0 atom stereocenters. The topological polar surface area (TPSA) is 35.8 Å². The summed E-state index contributed by atoms with van der Waals surface area (Å²) in [6, 6.07) is 8.15. The lowest BCUT2D eigenvalue weighted by Crippen LogP contribution is -2.11. The van der Waals surface area contributed by atoms with E-state index in [1.54, 1.807) is 0 Å². The Morgan fingerprint density at radius 2 is 2.23 bits per heavy atom. The van der Waals surface area contributed by atoms with Crippen LogP contribution in [0.1, 0.15) is 23.1 Å². The fourth-order valence-electron chi connectivity index (χ4n) is 1.73. The minimum Gasteiger partial charge on any atom is -0.313 e. The number of fused-ring (bicyclic) bond motifs is 1. The second kappa shape index (κ2) is 3.59. The molecule has 2 rings (SSSR count). The van der Waals surface area contributed by atoms with Gasteiger partial charge in [0.15, 0.2) is 0 Å². The number of nitrogens with one attached hydrogen (secondary N) is 1. The van der Waals surface area contributed by atoms with Crippen molar-refractivity contribution in [1.82, 2.24) is 5.32 Å². The molecule has 66 valence electrons. The Hall–Kier alpha value is -1.33. The highest BCUT2D eigenvalue weighted by Gasteiger charge is 2.07. The molecule has 0 saturated heterocycles. The van der Waals surface area contributed by atoms with E-state index in [0.717, 1.165) is 25.1 Å². The van der Waals surface area contributed by atoms with Gasteiger partial charge in [-0.2, -0.15) is 5.26 Å². The van der Waals surface area contributed by atoms with Gasteiger partial charge >= 0.3 is 0 Å². The number of hydrogen-bond donors (Lipinski definition) is 1. The molecule has 0 aliphatic carbocycles. The number of benzene rings is 1. The van der Waals surface area contributed by atoms with E-state index in [4.69, 9.17) is 5.26 Å². The van der Waals surface area contributed by atoms with Crippen molar-refractivity contribution in [3.8, 4) is 6.07 Å². The Kier molecular flexibility index (Phi) is 2.29. The summed E-state index contributed by atoms with van der Waals surface area (Å²) in [5.74, 6) is 0. The highest BCUT2D eigenvalue weighted by atomic mass is 14.8. The first-order chi connectivity index (χ1) is 6.40. The monoisotopic (exact) mass is 172 g/mol. The molecule has 0 unspecified atom stereocenters. The van der Waals surface area contributed by atoms with Crippen molar-refractivity contribution in [1.29, 1.82) is 5.26 Å². The molecular weight excluding hydrogens is 160 g/mol. The molecule has 0 spiro atoms. The summed E-state index contributed by atoms with van der Waals surface area (Å²) in [7, 11) is 0. The van der Waals surface area contributed by atoms with Crippen molar-refractivity contribution in [2.24, 2.45) is 0 Å². The molecule has 0 fully saturated rings. The average molecular weight is 172 g/mol. The largest absolute Gasteiger partial charge is 0.313 e. The van der Waals surface area contributed by atoms with E-state index in [9.17, 15) is 0 Å². The lowest BCUT2D eigenvalue weighted by Gasteiger charge is -2.04. The van der Waals surface area contributed by atoms with Crippen LogP contribution in [0.15, 0.2) is 18.2 Å². The third-order valence-electron chi connectivity index (χ3n) is 2.45. The molecule has 0 bridgehead atoms. The highest BCUT2D eigenvalue weighted by Crippen LogP contribution is 2.15. The normalized spacial score (nSPS) is 15.6. The maximum atomic E-state index is 8.74. The number of nitrogens with zero attached hydrogens (tertiary/aromatic N) is 1. The lowest BCUT2D eigenvalue weighted by atomic mass is 10.0. The maximum absolute atomic E-state index is 8.74. The fraction of sp³-hybridized carbons (Fsp3) is 0.364. The molecule has 1 aliphatic heterocycles. The van der Waals surface area contributed by atoms with Crippen molar-refractivity contribution in [2.45, 2.75) is 19.4 Å². The number of hydrogen-bond acceptors (Lipinski definition) is 2. The predicted octanol–water partition coefficient (Wildman–Crippen LogP) is 1.59. The van der Waals surface area contributed by atoms with Gasteiger partial charge in [0.05, 0.1) is 11.6 Å². The van der Waals surface area contributed by atoms with Gasteiger partial charge in [-0.15, -0.1) is 0 Å². The molecule has 1 aliphatic rings. The zero-order valence-corrected chi connectivity index (χ0v) is 7.51. The van der Waals surface area contributed by atoms with Crippen molar-refractivity contribution in [2.75, 3.05) is 6.54 Å². The highest BCUT2D eigenvalue weighted by molar-refractivity contribution is 5.38. The van der Waals surface area contributed by atoms with Gasteiger partial charge in [0, 0.05) is 6.54 Å². The van der Waals surface area contributed by atoms with Gasteiger partial charge in [0.1, 0.15) is 0 Å². The van der Waals surface area contributed by atoms with Crippen LogP contribution in [0.3, 0.4) is 0 Å². The van der Waals surface area contributed by atoms with Gasteiger partial charge < -0.3 is 5.32 Å². The molecule has 1 N–H and O–H groups in total. The summed E-state index contributed by atoms with van der Waals surface area (Å²) in [5.41, 5.74) is 3.46. The van der Waals surface area contributed by atoms with Crippen LogP contribution in [0, 0.1) is 11.3 Å². The van der Waals surface area contributed by atoms with Crippen LogP contribution >= 0.6 is 0 Å². The van der Waals surface area contributed by atoms with Crippen molar-refractivity contribution in [3.63, 3.8) is 0 Å². The number of aryl methyl sites for hydroxylation is 1. The van der Waals surface area contributed by atoms with Gasteiger partial charge in [-0.1, -0.05) is 6.07 Å². The van der Waals surface area contributed by atoms with Crippen molar-refractivity contribution >= 4 is 0 Å². The summed E-state index contributed by atoms with van der Waals surface area (Å²) in [5, 5.41) is 12.1. The molecule has 0 radical (unpaired) electrons. The molecule has 2 heteroatoms. The van der Waals surface area contributed by atoms with E-state index < -0.39 is 0 Å². The van der Waals surface area contributed by atoms with Crippen LogP contribution in [0.4, 0.5) is 0 Å². The third-order valence-corrected chi connectivity index (χ3v) is 2.45. The summed E-state index contributed by atoms with van der Waals surface area (Å²) >= 11 is 0. The summed E-state index contributed by atoms with van der Waals surface area (Å²) in [6.07, 6.45) is 2.26. The Morgan fingerprint density at radius 3 is 3.08 bits per heavy atom. The summed E-state index contributed by atoms with van der Waals surface area (Å²) in [4.78, 5) is 0. The zero-order chi connectivity index (χ0) is 9.10. The summed E-state index contributed by atoms with van der Waals surface area (Å²) in [6.45, 7) is 2.03. The molecule has 2 nitrogen and oxygen atoms in total. The summed E-state index contributed by atoms with van der Waals surface area (Å²) < 4.78 is 0. The Bertz CT molecular complexity index is 350. The molecular formula is C11H12N2. The fourth-order valence-corrected chi connectivity index (χ4v) is 1.73. The number of rotatable bonds is 0. The van der Waals surface area contributed by atoms with Crippen LogP contribution in [-0.2, 0) is 13.0 Å². The van der Waals surface area contributed by atoms with Crippen LogP contribution < -0.4 is 5.32 Å². The number of nitriles is 1. The molecule has 1 aromatic carbocycles. The maximum Gasteiger partial charge on any atom is 0.0991 e. The van der Waals surface area contributed by atoms with E-state index in [1.807, 2.05) is 12.1 Å². The molecule has 13 heavy (non-hydrogen) atoms. The first kappa shape index (κ1) is 8.28. The van der Waals surface area contributed by atoms with E-state index in [0.29, 0.717) is 0 Å². The lowest BCUT2D eigenvalue weighted by molar-refractivity contribution is 0.681. The van der Waals surface area contributed by atoms with Gasteiger partial charge in [-0.25, -0.2) is 0 Å². The van der Waals surface area contributed by atoms with Crippen LogP contribution in [-0.4, -0.2) is 6.54 Å². The first-order valence-corrected chi connectivity index (χ1v) is 4.63. The van der Waals surface area contributed by atoms with E-state index >= 15 is 0 Å². The Labute approximate surface area is 78.2 Å². The first-order valence-electron chi connectivity index (χ1n) is 4.63. The standard InChI is InChI=1S/C11H12N2/c12-7-9-3-4-11-8-13-5-1-2-10(11)6-9/h3-4,6,13H,1-2,5,8H2. The van der Waals surface area contributed by atoms with Gasteiger partial charge in [-0.3, -0.25) is 0 Å². The second-order valence-corrected chi connectivity index (χ2v) is 3.38. The van der Waals surface area contributed by atoms with E-state index in [2.05, 4.69) is 17.5 Å². The molecule has 1 heterocycles. The quantitative estimate of drug-likeness (QED) is 0.645. The molecule has 1 aromatic rings. The van der Waals surface area contributed by atoms with Gasteiger partial charge in [0.25, 0.3) is 0 Å².